The van der Waals surface area contributed by atoms with Crippen LogP contribution in [0.3, 0.4) is 0 Å². The van der Waals surface area contributed by atoms with Gasteiger partial charge in [0.2, 0.25) is 5.91 Å². The number of ether oxygens (including phenoxy) is 2. The Morgan fingerprint density at radius 2 is 1.93 bits per heavy atom. The van der Waals surface area contributed by atoms with Gasteiger partial charge in [0.25, 0.3) is 0 Å². The number of aliphatic hydroxyl groups excluding tert-OH is 1. The number of rotatable bonds is 13. The minimum absolute atomic E-state index is 0.0531. The molecule has 3 heterocycles. The van der Waals surface area contributed by atoms with Gasteiger partial charge in [-0.05, 0) is 18.6 Å². The van der Waals surface area contributed by atoms with Gasteiger partial charge in [0, 0.05) is 6.42 Å². The number of hydrogen-bond donors (Lipinski definition) is 2. The van der Waals surface area contributed by atoms with E-state index in [0.29, 0.717) is 5.56 Å². The number of carbonyl (C=O) groups excluding carboxylic acids is 2. The van der Waals surface area contributed by atoms with Crippen molar-refractivity contribution in [2.75, 3.05) is 18.5 Å². The summed E-state index contributed by atoms with van der Waals surface area (Å²) in [6.45, 7) is 1.69. The van der Waals surface area contributed by atoms with Crippen molar-refractivity contribution < 1.29 is 28.6 Å². The summed E-state index contributed by atoms with van der Waals surface area (Å²) in [5.41, 5.74) is -1.09. The number of unbranched alkanes of at least 4 members (excludes halogenated alkanes) is 6. The highest BCUT2D eigenvalue weighted by Crippen LogP contribution is 2.36. The van der Waals surface area contributed by atoms with Gasteiger partial charge >= 0.3 is 12.0 Å². The molecule has 1 aliphatic rings. The first-order valence-electron chi connectivity index (χ1n) is 13.6. The smallest absolute Gasteiger partial charge is 0.338 e. The molecule has 0 saturated carbocycles. The first kappa shape index (κ1) is 29.1. The van der Waals surface area contributed by atoms with E-state index in [4.69, 9.17) is 15.9 Å². The van der Waals surface area contributed by atoms with E-state index in [2.05, 4.69) is 33.1 Å². The van der Waals surface area contributed by atoms with Gasteiger partial charge < -0.3 is 24.5 Å². The zero-order valence-electron chi connectivity index (χ0n) is 22.5. The van der Waals surface area contributed by atoms with Gasteiger partial charge in [-0.25, -0.2) is 9.78 Å². The van der Waals surface area contributed by atoms with Gasteiger partial charge in [-0.1, -0.05) is 69.6 Å². The number of esters is 1. The summed E-state index contributed by atoms with van der Waals surface area (Å²) in [7, 11) is 0. The number of benzene rings is 1. The Bertz CT molecular complexity index is 1360. The van der Waals surface area contributed by atoms with Crippen molar-refractivity contribution in [1.82, 2.24) is 19.5 Å². The SMILES string of the molecule is C#C[C@]1(COC(=O)c2ccccc2)OCC(n2cnc3c(NC(=O)CCCCCCCCC)nc(F)nc32)[C@@H]1O. The van der Waals surface area contributed by atoms with E-state index in [1.54, 1.807) is 30.3 Å². The molecule has 10 nitrogen and oxygen atoms in total. The van der Waals surface area contributed by atoms with Gasteiger partial charge in [-0.3, -0.25) is 4.79 Å². The van der Waals surface area contributed by atoms with E-state index < -0.39 is 36.4 Å². The second-order valence-corrected chi connectivity index (χ2v) is 9.88. The topological polar surface area (TPSA) is 128 Å². The molecule has 1 saturated heterocycles. The summed E-state index contributed by atoms with van der Waals surface area (Å²) in [6, 6.07) is 7.53. The summed E-state index contributed by atoms with van der Waals surface area (Å²) in [5.74, 6) is 1.45. The minimum atomic E-state index is -1.63. The zero-order chi connectivity index (χ0) is 28.5. The number of carbonyl (C=O) groups is 2. The van der Waals surface area contributed by atoms with Crippen LogP contribution >= 0.6 is 0 Å². The lowest BCUT2D eigenvalue weighted by Gasteiger charge is -2.27. The highest BCUT2D eigenvalue weighted by molar-refractivity contribution is 5.96. The lowest BCUT2D eigenvalue weighted by atomic mass is 9.96. The van der Waals surface area contributed by atoms with Crippen molar-refractivity contribution in [3.05, 3.63) is 48.3 Å². The number of anilines is 1. The number of aliphatic hydroxyl groups is 1. The van der Waals surface area contributed by atoms with Gasteiger partial charge in [0.15, 0.2) is 22.6 Å². The van der Waals surface area contributed by atoms with E-state index in [1.807, 2.05) is 0 Å². The van der Waals surface area contributed by atoms with E-state index in [9.17, 15) is 19.1 Å². The number of amides is 1. The fourth-order valence-electron chi connectivity index (χ4n) is 4.74. The molecule has 4 rings (SSSR count). The molecule has 0 aliphatic carbocycles. The fraction of sp³-hybridized carbons (Fsp3) is 0.483. The van der Waals surface area contributed by atoms with Gasteiger partial charge in [-0.2, -0.15) is 14.4 Å². The van der Waals surface area contributed by atoms with Crippen molar-refractivity contribution in [2.24, 2.45) is 0 Å². The third kappa shape index (κ3) is 6.63. The predicted molar refractivity (Wildman–Crippen MR) is 146 cm³/mol. The lowest BCUT2D eigenvalue weighted by molar-refractivity contribution is -0.116. The maximum Gasteiger partial charge on any atom is 0.338 e. The number of imidazole rings is 1. The maximum absolute atomic E-state index is 14.4. The van der Waals surface area contributed by atoms with Crippen LogP contribution in [0.5, 0.6) is 0 Å². The van der Waals surface area contributed by atoms with Crippen molar-refractivity contribution in [3.63, 3.8) is 0 Å². The molecule has 0 radical (unpaired) electrons. The minimum Gasteiger partial charge on any atom is -0.458 e. The van der Waals surface area contributed by atoms with Crippen molar-refractivity contribution in [3.8, 4) is 12.3 Å². The molecular formula is C29H34FN5O5. The molecule has 1 fully saturated rings. The van der Waals surface area contributed by atoms with Crippen LogP contribution in [-0.2, 0) is 14.3 Å². The van der Waals surface area contributed by atoms with Crippen molar-refractivity contribution in [2.45, 2.75) is 76.0 Å². The molecule has 2 N–H and O–H groups in total. The van der Waals surface area contributed by atoms with Gasteiger partial charge in [-0.15, -0.1) is 6.42 Å². The molecule has 0 spiro atoms. The summed E-state index contributed by atoms with van der Waals surface area (Å²) < 4.78 is 27.0. The number of aromatic nitrogens is 4. The Kier molecular flexibility index (Phi) is 9.79. The van der Waals surface area contributed by atoms with Crippen LogP contribution in [0.25, 0.3) is 11.2 Å². The molecule has 212 valence electrons. The molecule has 3 aromatic rings. The Hall–Kier alpha value is -3.88. The third-order valence-corrected chi connectivity index (χ3v) is 7.04. The summed E-state index contributed by atoms with van der Waals surface area (Å²) >= 11 is 0. The van der Waals surface area contributed by atoms with Crippen LogP contribution in [0.2, 0.25) is 0 Å². The number of halogens is 1. The van der Waals surface area contributed by atoms with Crippen LogP contribution in [-0.4, -0.2) is 61.4 Å². The molecule has 1 aliphatic heterocycles. The highest BCUT2D eigenvalue weighted by Gasteiger charge is 2.51. The first-order valence-corrected chi connectivity index (χ1v) is 13.6. The van der Waals surface area contributed by atoms with Crippen LogP contribution in [0.4, 0.5) is 10.2 Å². The number of nitrogens with zero attached hydrogens (tertiary/aromatic N) is 4. The number of terminal acetylenes is 1. The second kappa shape index (κ2) is 13.5. The third-order valence-electron chi connectivity index (χ3n) is 7.04. The fourth-order valence-corrected chi connectivity index (χ4v) is 4.74. The van der Waals surface area contributed by atoms with E-state index in [1.165, 1.54) is 30.2 Å². The standard InChI is InChI=1S/C29H34FN5O5/c1-3-5-6-7-8-9-13-16-22(36)32-25-23-26(34-28(30)33-25)35(19-31-23)21-17-40-29(4-2,24(21)37)18-39-27(38)20-14-11-10-12-15-20/h2,10-12,14-15,19,21,24,37H,3,5-9,13,16-18H2,1H3,(H,32,33,34,36)/t21?,24-,29+/m0/s1. The Morgan fingerprint density at radius 1 is 1.20 bits per heavy atom. The molecule has 1 aromatic carbocycles. The van der Waals surface area contributed by atoms with Crippen LogP contribution < -0.4 is 5.32 Å². The molecule has 11 heteroatoms. The van der Waals surface area contributed by atoms with E-state index in [0.717, 1.165) is 25.7 Å². The molecule has 1 unspecified atom stereocenters. The second-order valence-electron chi connectivity index (χ2n) is 9.88. The quantitative estimate of drug-likeness (QED) is 0.140. The predicted octanol–water partition coefficient (Wildman–Crippen LogP) is 4.21. The summed E-state index contributed by atoms with van der Waals surface area (Å²) in [5, 5.41) is 13.8. The van der Waals surface area contributed by atoms with Crippen molar-refractivity contribution >= 4 is 28.9 Å². The number of nitrogens with one attached hydrogen (secondary N) is 1. The van der Waals surface area contributed by atoms with E-state index >= 15 is 0 Å². The molecule has 0 bridgehead atoms. The number of hydrogen-bond acceptors (Lipinski definition) is 8. The lowest BCUT2D eigenvalue weighted by Crippen LogP contribution is -2.45. The molecule has 40 heavy (non-hydrogen) atoms. The Morgan fingerprint density at radius 3 is 2.65 bits per heavy atom. The van der Waals surface area contributed by atoms with Gasteiger partial charge in [0.1, 0.15) is 12.7 Å². The molecule has 3 atom stereocenters. The molecule has 1 amide bonds. The zero-order valence-corrected chi connectivity index (χ0v) is 22.5. The monoisotopic (exact) mass is 551 g/mol. The van der Waals surface area contributed by atoms with Gasteiger partial charge in [0.05, 0.1) is 24.5 Å². The summed E-state index contributed by atoms with van der Waals surface area (Å²) in [6.07, 6.45) is 12.4. The molecule has 2 aromatic heterocycles. The van der Waals surface area contributed by atoms with Crippen molar-refractivity contribution in [1.29, 1.82) is 0 Å². The molecular weight excluding hydrogens is 517 g/mol. The number of fused-ring (bicyclic) bond motifs is 1. The maximum atomic E-state index is 14.4. The normalized spacial score (nSPS) is 20.4. The average molecular weight is 552 g/mol. The highest BCUT2D eigenvalue weighted by atomic mass is 19.1. The van der Waals surface area contributed by atoms with Crippen LogP contribution in [0.1, 0.15) is 74.7 Å². The van der Waals surface area contributed by atoms with Crippen LogP contribution in [0.15, 0.2) is 36.7 Å². The summed E-state index contributed by atoms with van der Waals surface area (Å²) in [4.78, 5) is 36.8. The first-order chi connectivity index (χ1) is 19.4. The Balaban J connectivity index is 1.42. The van der Waals surface area contributed by atoms with Crippen LogP contribution in [0, 0.1) is 18.4 Å². The largest absolute Gasteiger partial charge is 0.458 e. The van der Waals surface area contributed by atoms with E-state index in [-0.39, 0.29) is 35.9 Å². The average Bonchev–Trinajstić information content (AvgIpc) is 3.52. The Labute approximate surface area is 232 Å².